The molecule has 5 nitrogen and oxygen atoms in total. The van der Waals surface area contributed by atoms with E-state index in [1.807, 2.05) is 24.2 Å². The molecule has 2 rings (SSSR count). The van der Waals surface area contributed by atoms with Gasteiger partial charge in [0.05, 0.1) is 11.9 Å². The average molecular weight is 242 g/mol. The van der Waals surface area contributed by atoms with E-state index in [0.717, 1.165) is 10.3 Å². The van der Waals surface area contributed by atoms with Crippen molar-refractivity contribution in [2.75, 3.05) is 12.1 Å². The van der Waals surface area contributed by atoms with E-state index in [9.17, 15) is 0 Å². The van der Waals surface area contributed by atoms with Crippen LogP contribution < -0.4 is 10.5 Å². The maximum absolute atomic E-state index is 4.12. The van der Waals surface area contributed by atoms with Crippen LogP contribution in [0.25, 0.3) is 0 Å². The molecule has 0 bridgehead atoms. The van der Waals surface area contributed by atoms with Gasteiger partial charge in [0.15, 0.2) is 0 Å². The molecule has 6 heteroatoms. The Morgan fingerprint density at radius 2 is 2.31 bits per heavy atom. The standard InChI is InChI=1S/C7H8BrN5/c1-12-11-10-5-13(12)6-2-3-7(8)9-4-6/h2-5,11H,1H3. The van der Waals surface area contributed by atoms with Crippen molar-refractivity contribution in [3.63, 3.8) is 0 Å². The highest BCUT2D eigenvalue weighted by Crippen LogP contribution is 2.16. The highest BCUT2D eigenvalue weighted by molar-refractivity contribution is 9.10. The van der Waals surface area contributed by atoms with E-state index in [0.29, 0.717) is 0 Å². The minimum atomic E-state index is 0.822. The number of hydrazone groups is 1. The Kier molecular flexibility index (Phi) is 2.15. The van der Waals surface area contributed by atoms with Gasteiger partial charge in [0, 0.05) is 7.05 Å². The Morgan fingerprint density at radius 3 is 2.85 bits per heavy atom. The maximum atomic E-state index is 4.12. The Labute approximate surface area is 84.1 Å². The lowest BCUT2D eigenvalue weighted by molar-refractivity contribution is 0.278. The molecule has 0 radical (unpaired) electrons. The van der Waals surface area contributed by atoms with Crippen LogP contribution in [0.15, 0.2) is 28.0 Å². The second kappa shape index (κ2) is 3.31. The molecule has 0 saturated carbocycles. The first-order valence-electron chi connectivity index (χ1n) is 3.70. The maximum Gasteiger partial charge on any atom is 0.133 e. The van der Waals surface area contributed by atoms with E-state index in [1.54, 1.807) is 17.7 Å². The lowest BCUT2D eigenvalue weighted by atomic mass is 10.4. The molecule has 0 unspecified atom stereocenters. The third-order valence-corrected chi connectivity index (χ3v) is 2.14. The summed E-state index contributed by atoms with van der Waals surface area (Å²) in [5.41, 5.74) is 3.73. The Balaban J connectivity index is 2.25. The molecule has 0 aromatic carbocycles. The predicted molar refractivity (Wildman–Crippen MR) is 53.8 cm³/mol. The number of rotatable bonds is 1. The normalized spacial score (nSPS) is 16.3. The summed E-state index contributed by atoms with van der Waals surface area (Å²) in [6, 6.07) is 3.84. The van der Waals surface area contributed by atoms with Crippen LogP contribution in [0, 0.1) is 0 Å². The zero-order chi connectivity index (χ0) is 9.26. The summed E-state index contributed by atoms with van der Waals surface area (Å²) >= 11 is 3.28. The van der Waals surface area contributed by atoms with E-state index in [4.69, 9.17) is 0 Å². The Morgan fingerprint density at radius 1 is 1.46 bits per heavy atom. The van der Waals surface area contributed by atoms with Gasteiger partial charge in [-0.3, -0.25) is 0 Å². The molecule has 1 aromatic rings. The van der Waals surface area contributed by atoms with Crippen molar-refractivity contribution in [3.05, 3.63) is 22.9 Å². The van der Waals surface area contributed by atoms with Gasteiger partial charge in [-0.2, -0.15) is 5.10 Å². The van der Waals surface area contributed by atoms with Crippen molar-refractivity contribution >= 4 is 28.0 Å². The Hall–Kier alpha value is -1.14. The second-order valence-electron chi connectivity index (χ2n) is 2.55. The number of halogens is 1. The fourth-order valence-corrected chi connectivity index (χ4v) is 1.27. The third-order valence-electron chi connectivity index (χ3n) is 1.67. The van der Waals surface area contributed by atoms with Crippen molar-refractivity contribution in [2.45, 2.75) is 0 Å². The van der Waals surface area contributed by atoms with Crippen LogP contribution >= 0.6 is 15.9 Å². The van der Waals surface area contributed by atoms with Gasteiger partial charge < -0.3 is 0 Å². The number of hydrogen-bond acceptors (Lipinski definition) is 5. The number of aromatic nitrogens is 1. The molecule has 0 fully saturated rings. The van der Waals surface area contributed by atoms with Crippen molar-refractivity contribution in [1.82, 2.24) is 15.6 Å². The van der Waals surface area contributed by atoms with Gasteiger partial charge in [0.1, 0.15) is 10.9 Å². The minimum Gasteiger partial charge on any atom is -0.247 e. The molecular formula is C7H8BrN5. The molecule has 1 aromatic heterocycles. The number of nitrogens with one attached hydrogen (secondary N) is 1. The van der Waals surface area contributed by atoms with Gasteiger partial charge in [-0.15, -0.1) is 5.12 Å². The van der Waals surface area contributed by atoms with Crippen molar-refractivity contribution in [1.29, 1.82) is 0 Å². The van der Waals surface area contributed by atoms with E-state index < -0.39 is 0 Å². The van der Waals surface area contributed by atoms with Crippen LogP contribution in [0.3, 0.4) is 0 Å². The smallest absolute Gasteiger partial charge is 0.133 e. The van der Waals surface area contributed by atoms with Gasteiger partial charge in [-0.05, 0) is 28.1 Å². The van der Waals surface area contributed by atoms with E-state index in [-0.39, 0.29) is 0 Å². The molecule has 68 valence electrons. The van der Waals surface area contributed by atoms with Gasteiger partial charge in [-0.25, -0.2) is 15.5 Å². The highest BCUT2D eigenvalue weighted by atomic mass is 79.9. The molecule has 2 heterocycles. The number of pyridine rings is 1. The van der Waals surface area contributed by atoms with Crippen LogP contribution in [0.5, 0.6) is 0 Å². The third kappa shape index (κ3) is 1.63. The summed E-state index contributed by atoms with van der Waals surface area (Å²) in [5, 5.41) is 7.48. The molecule has 1 N–H and O–H groups in total. The molecular weight excluding hydrogens is 234 g/mol. The van der Waals surface area contributed by atoms with Crippen LogP contribution in [-0.4, -0.2) is 23.5 Å². The summed E-state index contributed by atoms with van der Waals surface area (Å²) in [6.45, 7) is 0. The molecule has 0 amide bonds. The summed E-state index contributed by atoms with van der Waals surface area (Å²) in [7, 11) is 1.87. The summed E-state index contributed by atoms with van der Waals surface area (Å²) in [6.07, 6.45) is 3.45. The topological polar surface area (TPSA) is 43.8 Å². The van der Waals surface area contributed by atoms with Gasteiger partial charge in [0.2, 0.25) is 0 Å². The number of nitrogens with zero attached hydrogens (tertiary/aromatic N) is 4. The molecule has 13 heavy (non-hydrogen) atoms. The first-order valence-corrected chi connectivity index (χ1v) is 4.50. The van der Waals surface area contributed by atoms with Crippen LogP contribution in [0.4, 0.5) is 5.69 Å². The Bertz CT molecular complexity index is 322. The lowest BCUT2D eigenvalue weighted by Crippen LogP contribution is -2.39. The average Bonchev–Trinajstić information content (AvgIpc) is 2.53. The first-order chi connectivity index (χ1) is 6.27. The number of hydrogen-bond donors (Lipinski definition) is 1. The van der Waals surface area contributed by atoms with Crippen molar-refractivity contribution < 1.29 is 0 Å². The number of hydrazine groups is 2. The lowest BCUT2D eigenvalue weighted by Gasteiger charge is -2.21. The largest absolute Gasteiger partial charge is 0.247 e. The van der Waals surface area contributed by atoms with Crippen molar-refractivity contribution in [3.8, 4) is 0 Å². The highest BCUT2D eigenvalue weighted by Gasteiger charge is 2.13. The molecule has 0 atom stereocenters. The zero-order valence-electron chi connectivity index (χ0n) is 6.98. The van der Waals surface area contributed by atoms with Crippen LogP contribution in [0.2, 0.25) is 0 Å². The molecule has 0 saturated heterocycles. The molecule has 0 spiro atoms. The zero-order valence-corrected chi connectivity index (χ0v) is 8.56. The monoisotopic (exact) mass is 241 g/mol. The van der Waals surface area contributed by atoms with Gasteiger partial charge >= 0.3 is 0 Å². The molecule has 1 aliphatic heterocycles. The van der Waals surface area contributed by atoms with E-state index in [1.165, 1.54) is 0 Å². The summed E-state index contributed by atoms with van der Waals surface area (Å²) < 4.78 is 0.822. The van der Waals surface area contributed by atoms with Crippen LogP contribution in [-0.2, 0) is 0 Å². The van der Waals surface area contributed by atoms with E-state index in [2.05, 4.69) is 31.6 Å². The minimum absolute atomic E-state index is 0.822. The summed E-state index contributed by atoms with van der Waals surface area (Å²) in [5.74, 6) is 0. The first kappa shape index (κ1) is 8.46. The predicted octanol–water partition coefficient (Wildman–Crippen LogP) is 0.959. The van der Waals surface area contributed by atoms with Gasteiger partial charge in [0.25, 0.3) is 0 Å². The van der Waals surface area contributed by atoms with Crippen LogP contribution in [0.1, 0.15) is 0 Å². The quantitative estimate of drug-likeness (QED) is 0.745. The fourth-order valence-electron chi connectivity index (χ4n) is 1.03. The van der Waals surface area contributed by atoms with Gasteiger partial charge in [-0.1, -0.05) is 0 Å². The van der Waals surface area contributed by atoms with E-state index >= 15 is 0 Å². The van der Waals surface area contributed by atoms with Crippen molar-refractivity contribution in [2.24, 2.45) is 5.10 Å². The fraction of sp³-hybridized carbons (Fsp3) is 0.143. The number of anilines is 1. The molecule has 0 aliphatic carbocycles. The molecule has 1 aliphatic rings. The second-order valence-corrected chi connectivity index (χ2v) is 3.36. The summed E-state index contributed by atoms with van der Waals surface area (Å²) in [4.78, 5) is 4.12. The SMILES string of the molecule is CN1NN=CN1c1ccc(Br)nc1.